The molecule has 2 fully saturated rings. The monoisotopic (exact) mass is 314 g/mol. The smallest absolute Gasteiger partial charge is 0.243 e. The van der Waals surface area contributed by atoms with Gasteiger partial charge in [0.25, 0.3) is 0 Å². The van der Waals surface area contributed by atoms with Crippen LogP contribution in [-0.2, 0) is 10.0 Å². The summed E-state index contributed by atoms with van der Waals surface area (Å²) in [5.41, 5.74) is 0. The normalized spacial score (nSPS) is 28.1. The lowest BCUT2D eigenvalue weighted by Crippen LogP contribution is -2.49. The summed E-state index contributed by atoms with van der Waals surface area (Å²) in [6, 6.07) is 3.33. The Bertz CT molecular complexity index is 589. The number of halogens is 1. The van der Waals surface area contributed by atoms with Gasteiger partial charge in [-0.1, -0.05) is 24.4 Å². The van der Waals surface area contributed by atoms with Gasteiger partial charge in [0.15, 0.2) is 0 Å². The van der Waals surface area contributed by atoms with Crippen molar-refractivity contribution in [3.63, 3.8) is 0 Å². The largest absolute Gasteiger partial charge is 0.246 e. The molecule has 2 atom stereocenters. The summed E-state index contributed by atoms with van der Waals surface area (Å²) in [7, 11) is -3.52. The second kappa shape index (κ2) is 5.62. The Morgan fingerprint density at radius 3 is 2.75 bits per heavy atom. The van der Waals surface area contributed by atoms with E-state index in [1.54, 1.807) is 16.4 Å². The number of fused-ring (bicyclic) bond motifs is 1. The fraction of sp³-hybridized carbons (Fsp3) is 0.643. The standard InChI is InChI=1S/C14H19ClN2O2S/c15-14-13(8-3-9-16-14)20(18,19)17-10-4-6-11-5-1-2-7-12(11)17/h3,8-9,11-12H,1-2,4-7,10H2. The number of aromatic nitrogens is 1. The van der Waals surface area contributed by atoms with E-state index in [4.69, 9.17) is 11.6 Å². The van der Waals surface area contributed by atoms with Crippen molar-refractivity contribution < 1.29 is 8.42 Å². The predicted molar refractivity (Wildman–Crippen MR) is 78.1 cm³/mol. The minimum absolute atomic E-state index is 0.0745. The topological polar surface area (TPSA) is 50.3 Å². The lowest BCUT2D eigenvalue weighted by molar-refractivity contribution is 0.129. The maximum Gasteiger partial charge on any atom is 0.246 e. The third kappa shape index (κ3) is 2.47. The second-order valence-electron chi connectivity index (χ2n) is 5.66. The van der Waals surface area contributed by atoms with Crippen molar-refractivity contribution >= 4 is 21.6 Å². The van der Waals surface area contributed by atoms with E-state index in [1.807, 2.05) is 0 Å². The van der Waals surface area contributed by atoms with E-state index in [0.29, 0.717) is 12.5 Å². The molecule has 1 aliphatic heterocycles. The molecule has 0 N–H and O–H groups in total. The Morgan fingerprint density at radius 2 is 1.95 bits per heavy atom. The lowest BCUT2D eigenvalue weighted by Gasteiger charge is -2.43. The van der Waals surface area contributed by atoms with Crippen molar-refractivity contribution in [1.29, 1.82) is 0 Å². The van der Waals surface area contributed by atoms with Crippen LogP contribution in [0.2, 0.25) is 5.15 Å². The van der Waals surface area contributed by atoms with Gasteiger partial charge in [-0.2, -0.15) is 4.31 Å². The molecule has 0 radical (unpaired) electrons. The van der Waals surface area contributed by atoms with Crippen molar-refractivity contribution in [2.24, 2.45) is 5.92 Å². The zero-order valence-electron chi connectivity index (χ0n) is 11.3. The van der Waals surface area contributed by atoms with Gasteiger partial charge >= 0.3 is 0 Å². The molecule has 1 saturated heterocycles. The van der Waals surface area contributed by atoms with E-state index >= 15 is 0 Å². The van der Waals surface area contributed by atoms with E-state index in [2.05, 4.69) is 4.98 Å². The Balaban J connectivity index is 1.96. The molecule has 0 bridgehead atoms. The SMILES string of the molecule is O=S(=O)(c1cccnc1Cl)N1CCCC2CCCCC21. The molecule has 20 heavy (non-hydrogen) atoms. The first-order valence-electron chi connectivity index (χ1n) is 7.23. The fourth-order valence-electron chi connectivity index (χ4n) is 3.57. The van der Waals surface area contributed by atoms with Crippen LogP contribution < -0.4 is 0 Å². The Kier molecular flexibility index (Phi) is 4.02. The van der Waals surface area contributed by atoms with Gasteiger partial charge in [-0.05, 0) is 43.7 Å². The molecular formula is C14H19ClN2O2S. The van der Waals surface area contributed by atoms with E-state index < -0.39 is 10.0 Å². The first kappa shape index (κ1) is 14.3. The quantitative estimate of drug-likeness (QED) is 0.788. The van der Waals surface area contributed by atoms with Crippen LogP contribution in [0.4, 0.5) is 0 Å². The Labute approximate surface area is 125 Å². The molecule has 0 aromatic carbocycles. The van der Waals surface area contributed by atoms with Gasteiger partial charge in [-0.25, -0.2) is 13.4 Å². The van der Waals surface area contributed by atoms with Crippen LogP contribution in [0.15, 0.2) is 23.2 Å². The van der Waals surface area contributed by atoms with Crippen LogP contribution in [0.1, 0.15) is 38.5 Å². The molecule has 6 heteroatoms. The van der Waals surface area contributed by atoms with E-state index in [-0.39, 0.29) is 16.1 Å². The molecule has 1 saturated carbocycles. The number of rotatable bonds is 2. The maximum atomic E-state index is 12.9. The van der Waals surface area contributed by atoms with Gasteiger partial charge in [0.05, 0.1) is 0 Å². The molecule has 3 rings (SSSR count). The van der Waals surface area contributed by atoms with Crippen LogP contribution in [0.3, 0.4) is 0 Å². The average molecular weight is 315 g/mol. The highest BCUT2D eigenvalue weighted by Gasteiger charge is 2.40. The molecule has 0 amide bonds. The van der Waals surface area contributed by atoms with Crippen molar-refractivity contribution in [2.45, 2.75) is 49.5 Å². The molecule has 1 aromatic rings. The summed E-state index contributed by atoms with van der Waals surface area (Å²) in [5, 5.41) is 0.0745. The predicted octanol–water partition coefficient (Wildman–Crippen LogP) is 3.08. The van der Waals surface area contributed by atoms with Gasteiger partial charge in [0.1, 0.15) is 10.0 Å². The first-order chi connectivity index (χ1) is 9.60. The van der Waals surface area contributed by atoms with Crippen molar-refractivity contribution in [3.05, 3.63) is 23.5 Å². The van der Waals surface area contributed by atoms with Crippen LogP contribution >= 0.6 is 11.6 Å². The average Bonchev–Trinajstić information content (AvgIpc) is 2.47. The number of hydrogen-bond acceptors (Lipinski definition) is 3. The fourth-order valence-corrected chi connectivity index (χ4v) is 5.75. The Hall–Kier alpha value is -0.650. The van der Waals surface area contributed by atoms with Crippen molar-refractivity contribution in [2.75, 3.05) is 6.54 Å². The summed E-state index contributed by atoms with van der Waals surface area (Å²) < 4.78 is 27.4. The molecule has 4 nitrogen and oxygen atoms in total. The number of sulfonamides is 1. The van der Waals surface area contributed by atoms with Crippen LogP contribution in [0.25, 0.3) is 0 Å². The highest BCUT2D eigenvalue weighted by molar-refractivity contribution is 7.89. The van der Waals surface area contributed by atoms with E-state index in [0.717, 1.165) is 32.1 Å². The van der Waals surface area contributed by atoms with Crippen LogP contribution in [0, 0.1) is 5.92 Å². The van der Waals surface area contributed by atoms with Gasteiger partial charge in [0, 0.05) is 18.8 Å². The Morgan fingerprint density at radius 1 is 1.20 bits per heavy atom. The highest BCUT2D eigenvalue weighted by atomic mass is 35.5. The number of nitrogens with zero attached hydrogens (tertiary/aromatic N) is 2. The summed E-state index contributed by atoms with van der Waals surface area (Å²) in [6.45, 7) is 0.606. The molecule has 1 aromatic heterocycles. The second-order valence-corrected chi connectivity index (χ2v) is 7.88. The van der Waals surface area contributed by atoms with Gasteiger partial charge in [-0.15, -0.1) is 0 Å². The third-order valence-electron chi connectivity index (χ3n) is 4.50. The summed E-state index contributed by atoms with van der Waals surface area (Å²) in [6.07, 6.45) is 8.08. The van der Waals surface area contributed by atoms with E-state index in [1.165, 1.54) is 12.6 Å². The highest BCUT2D eigenvalue weighted by Crippen LogP contribution is 2.38. The minimum Gasteiger partial charge on any atom is -0.243 e. The van der Waals surface area contributed by atoms with Crippen LogP contribution in [0.5, 0.6) is 0 Å². The molecule has 110 valence electrons. The minimum atomic E-state index is -3.52. The van der Waals surface area contributed by atoms with Crippen LogP contribution in [-0.4, -0.2) is 30.3 Å². The maximum absolute atomic E-state index is 12.9. The summed E-state index contributed by atoms with van der Waals surface area (Å²) in [5.74, 6) is 0.516. The zero-order chi connectivity index (χ0) is 14.2. The molecule has 2 unspecified atom stereocenters. The molecule has 2 heterocycles. The zero-order valence-corrected chi connectivity index (χ0v) is 12.9. The van der Waals surface area contributed by atoms with Crippen molar-refractivity contribution in [1.82, 2.24) is 9.29 Å². The number of piperidine rings is 1. The van der Waals surface area contributed by atoms with Gasteiger partial charge < -0.3 is 0 Å². The summed E-state index contributed by atoms with van der Waals surface area (Å²) in [4.78, 5) is 4.05. The molecular weight excluding hydrogens is 296 g/mol. The van der Waals surface area contributed by atoms with Gasteiger partial charge in [-0.3, -0.25) is 0 Å². The number of pyridine rings is 1. The van der Waals surface area contributed by atoms with Gasteiger partial charge in [0.2, 0.25) is 10.0 Å². The molecule has 1 aliphatic carbocycles. The van der Waals surface area contributed by atoms with E-state index in [9.17, 15) is 8.42 Å². The lowest BCUT2D eigenvalue weighted by atomic mass is 9.79. The third-order valence-corrected chi connectivity index (χ3v) is 6.87. The van der Waals surface area contributed by atoms with Crippen molar-refractivity contribution in [3.8, 4) is 0 Å². The summed E-state index contributed by atoms with van der Waals surface area (Å²) >= 11 is 5.99. The molecule has 0 spiro atoms. The number of hydrogen-bond donors (Lipinski definition) is 0. The first-order valence-corrected chi connectivity index (χ1v) is 9.05. The molecule has 2 aliphatic rings.